The average Bonchev–Trinajstić information content (AvgIpc) is 3.42. The van der Waals surface area contributed by atoms with Gasteiger partial charge < -0.3 is 4.74 Å². The molecule has 2 heterocycles. The van der Waals surface area contributed by atoms with E-state index in [-0.39, 0.29) is 26.9 Å². The Balaban J connectivity index is 1.56. The quantitative estimate of drug-likeness (QED) is 0.333. The smallest absolute Gasteiger partial charge is 0.241 e. The fourth-order valence-corrected chi connectivity index (χ4v) is 5.88. The summed E-state index contributed by atoms with van der Waals surface area (Å²) in [6, 6.07) is 17.4. The van der Waals surface area contributed by atoms with Crippen molar-refractivity contribution in [3.63, 3.8) is 0 Å². The highest BCUT2D eigenvalue weighted by Crippen LogP contribution is 2.58. The number of ether oxygens (including phenoxy) is 1. The molecule has 3 aliphatic rings. The van der Waals surface area contributed by atoms with E-state index in [0.717, 1.165) is 4.90 Å². The maximum absolute atomic E-state index is 13.9. The fraction of sp³-hybridized carbons (Fsp3) is 0.154. The molecule has 0 unspecified atom stereocenters. The van der Waals surface area contributed by atoms with Crippen molar-refractivity contribution in [2.24, 2.45) is 11.8 Å². The number of carbonyl (C=O) groups is 4. The fourth-order valence-electron chi connectivity index (χ4n) is 5.37. The third-order valence-corrected chi connectivity index (χ3v) is 7.95. The maximum atomic E-state index is 13.9. The number of anilines is 1. The summed E-state index contributed by atoms with van der Waals surface area (Å²) in [5.41, 5.74) is -1.24. The first kappa shape index (κ1) is 22.4. The Bertz CT molecular complexity index is 1430. The summed E-state index contributed by atoms with van der Waals surface area (Å²) in [4.78, 5) is 56.1. The number of fused-ring (bicyclic) bond motifs is 3. The van der Waals surface area contributed by atoms with Gasteiger partial charge in [0, 0.05) is 16.1 Å². The van der Waals surface area contributed by atoms with E-state index in [0.29, 0.717) is 10.6 Å². The minimum atomic E-state index is -2.16. The molecule has 0 aromatic heterocycles. The molecule has 0 saturated carbocycles. The Morgan fingerprint density at radius 3 is 2.00 bits per heavy atom. The molecule has 3 aromatic carbocycles. The summed E-state index contributed by atoms with van der Waals surface area (Å²) in [5.74, 6) is -5.15. The molecule has 0 N–H and O–H groups in total. The molecule has 1 spiro atoms. The minimum absolute atomic E-state index is 0.0150. The Labute approximate surface area is 214 Å². The van der Waals surface area contributed by atoms with Gasteiger partial charge >= 0.3 is 0 Å². The number of benzene rings is 3. The molecule has 3 aromatic rings. The van der Waals surface area contributed by atoms with Crippen LogP contribution in [-0.4, -0.2) is 29.0 Å². The monoisotopic (exact) mass is 525 g/mol. The highest BCUT2D eigenvalue weighted by atomic mass is 35.5. The average molecular weight is 527 g/mol. The summed E-state index contributed by atoms with van der Waals surface area (Å²) in [7, 11) is 0. The number of Topliss-reactive ketones (excluding diaryl/α,β-unsaturated/α-hetero) is 2. The Kier molecular flexibility index (Phi) is 4.96. The van der Waals surface area contributed by atoms with Crippen LogP contribution in [0.15, 0.2) is 66.7 Å². The molecule has 2 amide bonds. The van der Waals surface area contributed by atoms with E-state index in [1.54, 1.807) is 42.5 Å². The van der Waals surface area contributed by atoms with Crippen LogP contribution in [0.3, 0.4) is 0 Å². The lowest BCUT2D eigenvalue weighted by atomic mass is 9.77. The molecule has 2 fully saturated rings. The Morgan fingerprint density at radius 1 is 0.743 bits per heavy atom. The summed E-state index contributed by atoms with van der Waals surface area (Å²) in [6.07, 6.45) is -1.04. The molecule has 2 saturated heterocycles. The molecule has 35 heavy (non-hydrogen) atoms. The molecule has 2 aliphatic heterocycles. The van der Waals surface area contributed by atoms with Crippen LogP contribution < -0.4 is 4.90 Å². The van der Waals surface area contributed by atoms with Crippen molar-refractivity contribution in [2.75, 3.05) is 4.90 Å². The van der Waals surface area contributed by atoms with Crippen LogP contribution in [0.5, 0.6) is 0 Å². The zero-order chi connectivity index (χ0) is 24.6. The topological polar surface area (TPSA) is 80.8 Å². The number of ketones is 2. The number of rotatable bonds is 2. The molecular weight excluding hydrogens is 513 g/mol. The molecule has 174 valence electrons. The number of carbonyl (C=O) groups excluding carboxylic acids is 4. The molecule has 6 rings (SSSR count). The number of nitrogens with zero attached hydrogens (tertiary/aromatic N) is 1. The van der Waals surface area contributed by atoms with Gasteiger partial charge in [0.25, 0.3) is 0 Å². The van der Waals surface area contributed by atoms with E-state index in [9.17, 15) is 19.2 Å². The van der Waals surface area contributed by atoms with Gasteiger partial charge in [0.1, 0.15) is 0 Å². The predicted molar refractivity (Wildman–Crippen MR) is 129 cm³/mol. The molecule has 0 radical (unpaired) electrons. The van der Waals surface area contributed by atoms with Crippen LogP contribution in [0.25, 0.3) is 0 Å². The molecule has 1 aliphatic carbocycles. The third kappa shape index (κ3) is 2.88. The first-order chi connectivity index (χ1) is 16.8. The summed E-state index contributed by atoms with van der Waals surface area (Å²) < 4.78 is 6.22. The first-order valence-electron chi connectivity index (χ1n) is 10.7. The van der Waals surface area contributed by atoms with Crippen molar-refractivity contribution in [2.45, 2.75) is 11.7 Å². The van der Waals surface area contributed by atoms with Crippen molar-refractivity contribution in [3.8, 4) is 0 Å². The normalized spacial score (nSPS) is 24.4. The summed E-state index contributed by atoms with van der Waals surface area (Å²) in [5, 5.41) is 0.628. The highest BCUT2D eigenvalue weighted by Gasteiger charge is 2.74. The van der Waals surface area contributed by atoms with E-state index in [4.69, 9.17) is 39.5 Å². The molecular formula is C26H14Cl3NO5. The van der Waals surface area contributed by atoms with Crippen molar-refractivity contribution in [1.82, 2.24) is 0 Å². The second kappa shape index (κ2) is 7.73. The van der Waals surface area contributed by atoms with Gasteiger partial charge in [-0.1, -0.05) is 77.3 Å². The van der Waals surface area contributed by atoms with Gasteiger partial charge in [0.15, 0.2) is 0 Å². The van der Waals surface area contributed by atoms with Crippen LogP contribution in [0.1, 0.15) is 32.4 Å². The first-order valence-corrected chi connectivity index (χ1v) is 11.8. The van der Waals surface area contributed by atoms with Gasteiger partial charge in [-0.15, -0.1) is 0 Å². The van der Waals surface area contributed by atoms with Crippen molar-refractivity contribution < 1.29 is 23.9 Å². The molecule has 9 heteroatoms. The van der Waals surface area contributed by atoms with E-state index < -0.39 is 46.9 Å². The van der Waals surface area contributed by atoms with Crippen LogP contribution in [-0.2, 0) is 14.3 Å². The van der Waals surface area contributed by atoms with Crippen LogP contribution in [0.4, 0.5) is 5.69 Å². The second-order valence-corrected chi connectivity index (χ2v) is 9.84. The zero-order valence-corrected chi connectivity index (χ0v) is 20.0. The molecule has 3 atom stereocenters. The van der Waals surface area contributed by atoms with E-state index >= 15 is 0 Å². The van der Waals surface area contributed by atoms with E-state index in [2.05, 4.69) is 0 Å². The summed E-state index contributed by atoms with van der Waals surface area (Å²) in [6.45, 7) is 0. The Morgan fingerprint density at radius 2 is 1.37 bits per heavy atom. The van der Waals surface area contributed by atoms with Gasteiger partial charge in [-0.05, 0) is 29.8 Å². The van der Waals surface area contributed by atoms with Crippen molar-refractivity contribution in [1.29, 1.82) is 0 Å². The number of hydrogen-bond donors (Lipinski definition) is 0. The number of hydrogen-bond acceptors (Lipinski definition) is 5. The number of amides is 2. The molecule has 0 bridgehead atoms. The van der Waals surface area contributed by atoms with Crippen molar-refractivity contribution in [3.05, 3.63) is 98.5 Å². The third-order valence-electron chi connectivity index (χ3n) is 6.89. The maximum Gasteiger partial charge on any atom is 0.241 e. The largest absolute Gasteiger partial charge is 0.349 e. The lowest BCUT2D eigenvalue weighted by Gasteiger charge is -2.27. The zero-order valence-electron chi connectivity index (χ0n) is 17.7. The van der Waals surface area contributed by atoms with Crippen LogP contribution >= 0.6 is 34.8 Å². The minimum Gasteiger partial charge on any atom is -0.349 e. The van der Waals surface area contributed by atoms with Crippen LogP contribution in [0.2, 0.25) is 15.1 Å². The van der Waals surface area contributed by atoms with E-state index in [1.807, 2.05) is 0 Å². The van der Waals surface area contributed by atoms with Gasteiger partial charge in [-0.3, -0.25) is 19.2 Å². The predicted octanol–water partition coefficient (Wildman–Crippen LogP) is 5.34. The second-order valence-electron chi connectivity index (χ2n) is 8.62. The lowest BCUT2D eigenvalue weighted by molar-refractivity contribution is -0.127. The number of imide groups is 1. The van der Waals surface area contributed by atoms with Crippen molar-refractivity contribution >= 4 is 63.9 Å². The van der Waals surface area contributed by atoms with Gasteiger partial charge in [-0.2, -0.15) is 0 Å². The molecule has 6 nitrogen and oxygen atoms in total. The van der Waals surface area contributed by atoms with Gasteiger partial charge in [0.05, 0.1) is 33.7 Å². The SMILES string of the molecule is O=C1[C@@H]2[C@H](c3ccc(Cl)cc3)OC3(C(=O)c4ccccc4C3=O)[C@H]2C(=O)N1c1cccc(Cl)c1Cl. The van der Waals surface area contributed by atoms with Gasteiger partial charge in [0.2, 0.25) is 29.0 Å². The van der Waals surface area contributed by atoms with Crippen LogP contribution in [0, 0.1) is 11.8 Å². The number of halogens is 3. The lowest BCUT2D eigenvalue weighted by Crippen LogP contribution is -2.51. The van der Waals surface area contributed by atoms with Gasteiger partial charge in [-0.25, -0.2) is 4.90 Å². The highest BCUT2D eigenvalue weighted by molar-refractivity contribution is 6.45. The summed E-state index contributed by atoms with van der Waals surface area (Å²) >= 11 is 18.5. The standard InChI is InChI=1S/C26H14Cl3NO5/c27-13-10-8-12(9-11-13)21-18-19(25(34)30(24(18)33)17-7-3-6-16(28)20(17)29)26(35-21)22(31)14-4-1-2-5-15(14)23(26)32/h1-11,18-19,21H/t18-,19+,21-/m0/s1. The Hall–Kier alpha value is -3.03. The van der Waals surface area contributed by atoms with E-state index in [1.165, 1.54) is 24.3 Å².